The number of hydrogen-bond acceptors (Lipinski definition) is 6. The largest absolute Gasteiger partial charge is 0.353 e. The molecule has 0 amide bonds. The van der Waals surface area contributed by atoms with Crippen LogP contribution in [0.5, 0.6) is 0 Å². The second kappa shape index (κ2) is 6.21. The lowest BCUT2D eigenvalue weighted by Gasteiger charge is -2.11. The highest BCUT2D eigenvalue weighted by atomic mass is 79.9. The van der Waals surface area contributed by atoms with Crippen LogP contribution in [0.3, 0.4) is 0 Å². The van der Waals surface area contributed by atoms with E-state index < -0.39 is 0 Å². The van der Waals surface area contributed by atoms with Crippen molar-refractivity contribution in [1.29, 1.82) is 0 Å². The van der Waals surface area contributed by atoms with Gasteiger partial charge in [0.25, 0.3) is 0 Å². The molecule has 0 bridgehead atoms. The van der Waals surface area contributed by atoms with Crippen LogP contribution in [0.2, 0.25) is 0 Å². The van der Waals surface area contributed by atoms with Crippen LogP contribution < -0.4 is 10.6 Å². The third-order valence-corrected chi connectivity index (χ3v) is 5.15. The van der Waals surface area contributed by atoms with Crippen molar-refractivity contribution < 1.29 is 0 Å². The minimum Gasteiger partial charge on any atom is -0.353 e. The van der Waals surface area contributed by atoms with Gasteiger partial charge in [0.1, 0.15) is 0 Å². The van der Waals surface area contributed by atoms with Gasteiger partial charge in [0.15, 0.2) is 4.34 Å². The van der Waals surface area contributed by atoms with Gasteiger partial charge in [-0.25, -0.2) is 0 Å². The van der Waals surface area contributed by atoms with Crippen molar-refractivity contribution >= 4 is 44.2 Å². The lowest BCUT2D eigenvalue weighted by molar-refractivity contribution is 0.796. The maximum Gasteiger partial charge on any atom is 0.208 e. The Morgan fingerprint density at radius 3 is 2.68 bits per heavy atom. The smallest absolute Gasteiger partial charge is 0.208 e. The highest BCUT2D eigenvalue weighted by molar-refractivity contribution is 9.10. The van der Waals surface area contributed by atoms with Crippen LogP contribution in [0.4, 0.5) is 5.13 Å². The minimum absolute atomic E-state index is 0.00293. The Bertz CT molecular complexity index is 569. The Kier molecular flexibility index (Phi) is 4.83. The number of benzene rings is 1. The Morgan fingerprint density at radius 1 is 1.37 bits per heavy atom. The Labute approximate surface area is 129 Å². The van der Waals surface area contributed by atoms with E-state index in [-0.39, 0.29) is 6.04 Å². The predicted molar refractivity (Wildman–Crippen MR) is 85.1 cm³/mol. The number of anilines is 1. The summed E-state index contributed by atoms with van der Waals surface area (Å²) in [6, 6.07) is 6.12. The SMILES string of the molecule is CC(N)c1ccc(Br)cc1Sc1nnc(N(C)C)s1. The van der Waals surface area contributed by atoms with E-state index in [1.807, 2.05) is 38.1 Å². The van der Waals surface area contributed by atoms with E-state index in [4.69, 9.17) is 5.73 Å². The van der Waals surface area contributed by atoms with Crippen LogP contribution >= 0.6 is 39.0 Å². The first-order valence-electron chi connectivity index (χ1n) is 5.71. The van der Waals surface area contributed by atoms with E-state index in [0.29, 0.717) is 0 Å². The summed E-state index contributed by atoms with van der Waals surface area (Å²) in [4.78, 5) is 3.07. The van der Waals surface area contributed by atoms with E-state index in [0.717, 1.165) is 24.4 Å². The van der Waals surface area contributed by atoms with Crippen molar-refractivity contribution in [3.05, 3.63) is 28.2 Å². The molecule has 102 valence electrons. The lowest BCUT2D eigenvalue weighted by atomic mass is 10.1. The minimum atomic E-state index is -0.00293. The fourth-order valence-electron chi connectivity index (χ4n) is 1.49. The molecular weight excluding hydrogens is 344 g/mol. The van der Waals surface area contributed by atoms with E-state index >= 15 is 0 Å². The van der Waals surface area contributed by atoms with Crippen molar-refractivity contribution in [2.75, 3.05) is 19.0 Å². The second-order valence-electron chi connectivity index (χ2n) is 4.32. The molecule has 0 aliphatic heterocycles. The van der Waals surface area contributed by atoms with E-state index in [1.165, 1.54) is 0 Å². The van der Waals surface area contributed by atoms with Crippen molar-refractivity contribution in [3.8, 4) is 0 Å². The molecular formula is C12H15BrN4S2. The lowest BCUT2D eigenvalue weighted by Crippen LogP contribution is -2.07. The molecule has 7 heteroatoms. The van der Waals surface area contributed by atoms with Crippen LogP contribution in [-0.4, -0.2) is 24.3 Å². The number of nitrogens with two attached hydrogens (primary N) is 1. The van der Waals surface area contributed by atoms with Gasteiger partial charge in [0.2, 0.25) is 5.13 Å². The van der Waals surface area contributed by atoms with Gasteiger partial charge in [-0.15, -0.1) is 10.2 Å². The molecule has 1 heterocycles. The fourth-order valence-corrected chi connectivity index (χ4v) is 3.99. The first-order chi connectivity index (χ1) is 8.97. The maximum atomic E-state index is 6.00. The monoisotopic (exact) mass is 358 g/mol. The third kappa shape index (κ3) is 3.68. The van der Waals surface area contributed by atoms with E-state index in [1.54, 1.807) is 23.1 Å². The van der Waals surface area contributed by atoms with Crippen LogP contribution in [0.15, 0.2) is 31.9 Å². The van der Waals surface area contributed by atoms with Crippen LogP contribution in [0, 0.1) is 0 Å². The highest BCUT2D eigenvalue weighted by Gasteiger charge is 2.12. The van der Waals surface area contributed by atoms with Gasteiger partial charge in [-0.2, -0.15) is 0 Å². The molecule has 4 nitrogen and oxygen atoms in total. The zero-order valence-corrected chi connectivity index (χ0v) is 14.1. The number of hydrogen-bond donors (Lipinski definition) is 1. The Hall–Kier alpha value is -0.630. The molecule has 0 aliphatic carbocycles. The fraction of sp³-hybridized carbons (Fsp3) is 0.333. The molecule has 1 atom stereocenters. The Balaban J connectivity index is 2.28. The molecule has 0 saturated carbocycles. The topological polar surface area (TPSA) is 55.0 Å². The van der Waals surface area contributed by atoms with Crippen molar-refractivity contribution in [3.63, 3.8) is 0 Å². The van der Waals surface area contributed by atoms with Crippen molar-refractivity contribution in [1.82, 2.24) is 10.2 Å². The number of rotatable bonds is 4. The first-order valence-corrected chi connectivity index (χ1v) is 8.13. The van der Waals surface area contributed by atoms with E-state index in [9.17, 15) is 0 Å². The summed E-state index contributed by atoms with van der Waals surface area (Å²) < 4.78 is 1.96. The standard InChI is InChI=1S/C12H15BrN4S2/c1-7(14)9-5-4-8(13)6-10(9)18-12-16-15-11(19-12)17(2)3/h4-7H,14H2,1-3H3. The third-order valence-electron chi connectivity index (χ3n) is 2.44. The molecule has 1 aromatic heterocycles. The van der Waals surface area contributed by atoms with Gasteiger partial charge in [0, 0.05) is 29.5 Å². The van der Waals surface area contributed by atoms with Gasteiger partial charge in [-0.3, -0.25) is 0 Å². The normalized spacial score (nSPS) is 12.5. The van der Waals surface area contributed by atoms with Gasteiger partial charge >= 0.3 is 0 Å². The molecule has 1 unspecified atom stereocenters. The predicted octanol–water partition coefficient (Wildman–Crippen LogP) is 3.54. The average Bonchev–Trinajstić information content (AvgIpc) is 2.77. The molecule has 0 saturated heterocycles. The van der Waals surface area contributed by atoms with Crippen molar-refractivity contribution in [2.45, 2.75) is 22.2 Å². The van der Waals surface area contributed by atoms with Gasteiger partial charge in [-0.05, 0) is 24.6 Å². The van der Waals surface area contributed by atoms with Gasteiger partial charge in [0.05, 0.1) is 0 Å². The maximum absolute atomic E-state index is 6.00. The molecule has 1 aromatic carbocycles. The second-order valence-corrected chi connectivity index (χ2v) is 7.48. The first kappa shape index (κ1) is 14.8. The molecule has 2 N–H and O–H groups in total. The summed E-state index contributed by atoms with van der Waals surface area (Å²) in [5.41, 5.74) is 7.12. The number of halogens is 1. The molecule has 0 aliphatic rings. The summed E-state index contributed by atoms with van der Waals surface area (Å²) in [6.07, 6.45) is 0. The molecule has 0 radical (unpaired) electrons. The molecule has 2 aromatic rings. The van der Waals surface area contributed by atoms with Crippen LogP contribution in [0.25, 0.3) is 0 Å². The molecule has 2 rings (SSSR count). The quantitative estimate of drug-likeness (QED) is 0.905. The Morgan fingerprint density at radius 2 is 2.11 bits per heavy atom. The molecule has 19 heavy (non-hydrogen) atoms. The summed E-state index contributed by atoms with van der Waals surface area (Å²) in [5, 5.41) is 9.24. The van der Waals surface area contributed by atoms with Crippen molar-refractivity contribution in [2.24, 2.45) is 5.73 Å². The van der Waals surface area contributed by atoms with Gasteiger partial charge < -0.3 is 10.6 Å². The summed E-state index contributed by atoms with van der Waals surface area (Å²) in [6.45, 7) is 1.98. The number of aromatic nitrogens is 2. The zero-order chi connectivity index (χ0) is 14.0. The van der Waals surface area contributed by atoms with E-state index in [2.05, 4.69) is 32.2 Å². The summed E-state index contributed by atoms with van der Waals surface area (Å²) in [7, 11) is 3.92. The summed E-state index contributed by atoms with van der Waals surface area (Å²) >= 11 is 6.67. The average molecular weight is 359 g/mol. The summed E-state index contributed by atoms with van der Waals surface area (Å²) in [5.74, 6) is 0. The number of nitrogens with zero attached hydrogens (tertiary/aromatic N) is 3. The van der Waals surface area contributed by atoms with Crippen LogP contribution in [-0.2, 0) is 0 Å². The molecule has 0 fully saturated rings. The van der Waals surface area contributed by atoms with Crippen LogP contribution in [0.1, 0.15) is 18.5 Å². The highest BCUT2D eigenvalue weighted by Crippen LogP contribution is 2.37. The van der Waals surface area contributed by atoms with Gasteiger partial charge in [-0.1, -0.05) is 45.1 Å². The zero-order valence-electron chi connectivity index (χ0n) is 10.9. The molecule has 0 spiro atoms.